The lowest BCUT2D eigenvalue weighted by atomic mass is 9.85. The summed E-state index contributed by atoms with van der Waals surface area (Å²) in [7, 11) is 0. The van der Waals surface area contributed by atoms with Gasteiger partial charge in [-0.1, -0.05) is 0 Å². The van der Waals surface area contributed by atoms with Gasteiger partial charge in [-0.3, -0.25) is 4.99 Å². The van der Waals surface area contributed by atoms with E-state index in [1.807, 2.05) is 0 Å². The standard InChI is InChI=1S/C13H16F3N3O.C4H3NO3/c1-6-3-8(17)7(2)10(11(6)14)13(12(15)16)5-20-4-9(18)19-13;6-4(7)3-1-8-2-5-3/h3,12H,4-5,17H2,1-2H3,(H2,18,19);1-2H,(H,6,7)/t13-;/m0./s1. The molecule has 0 saturated carbocycles. The number of aryl methyl sites for hydroxylation is 1. The van der Waals surface area contributed by atoms with E-state index in [0.717, 1.165) is 12.7 Å². The summed E-state index contributed by atoms with van der Waals surface area (Å²) < 4.78 is 51.1. The molecule has 3 rings (SSSR count). The summed E-state index contributed by atoms with van der Waals surface area (Å²) in [5.74, 6) is -1.91. The molecule has 0 radical (unpaired) electrons. The van der Waals surface area contributed by atoms with Crippen LogP contribution < -0.4 is 11.5 Å². The Morgan fingerprint density at radius 3 is 2.50 bits per heavy atom. The molecule has 28 heavy (non-hydrogen) atoms. The van der Waals surface area contributed by atoms with Crippen LogP contribution in [0.2, 0.25) is 0 Å². The number of rotatable bonds is 3. The van der Waals surface area contributed by atoms with Crippen molar-refractivity contribution in [2.45, 2.75) is 25.8 Å². The number of oxazole rings is 1. The first kappa shape index (κ1) is 21.2. The number of hydrogen-bond acceptors (Lipinski definition) is 7. The van der Waals surface area contributed by atoms with Crippen molar-refractivity contribution in [3.8, 4) is 0 Å². The van der Waals surface area contributed by atoms with Gasteiger partial charge in [0.15, 0.2) is 17.6 Å². The van der Waals surface area contributed by atoms with Crippen molar-refractivity contribution in [2.24, 2.45) is 10.7 Å². The molecule has 1 aliphatic rings. The Kier molecular flexibility index (Phi) is 6.29. The molecule has 1 aromatic carbocycles. The van der Waals surface area contributed by atoms with Crippen molar-refractivity contribution < 1.29 is 32.2 Å². The summed E-state index contributed by atoms with van der Waals surface area (Å²) in [4.78, 5) is 17.1. The molecule has 2 heterocycles. The van der Waals surface area contributed by atoms with E-state index in [-0.39, 0.29) is 40.5 Å². The second kappa shape index (κ2) is 8.30. The summed E-state index contributed by atoms with van der Waals surface area (Å²) in [5.41, 5.74) is 9.46. The van der Waals surface area contributed by atoms with Crippen LogP contribution in [0.25, 0.3) is 0 Å². The average molecular weight is 400 g/mol. The van der Waals surface area contributed by atoms with E-state index < -0.39 is 30.4 Å². The lowest BCUT2D eigenvalue weighted by Gasteiger charge is -2.34. The Morgan fingerprint density at radius 1 is 1.36 bits per heavy atom. The maximum Gasteiger partial charge on any atom is 0.357 e. The molecule has 0 amide bonds. The number of carboxylic acid groups (broad SMARTS) is 1. The number of nitrogens with two attached hydrogens (primary N) is 2. The number of ether oxygens (including phenoxy) is 1. The topological polar surface area (TPSA) is 137 Å². The molecule has 0 spiro atoms. The van der Waals surface area contributed by atoms with Crippen LogP contribution in [0, 0.1) is 19.7 Å². The Morgan fingerprint density at radius 2 is 2.04 bits per heavy atom. The maximum atomic E-state index is 14.4. The predicted molar refractivity (Wildman–Crippen MR) is 93.9 cm³/mol. The first-order chi connectivity index (χ1) is 13.1. The SMILES string of the molecule is Cc1cc(N)c(C)c([C@]2(C(F)F)COCC(N)=N2)c1F.O=C(O)c1cocn1. The number of aromatic carboxylic acids is 1. The second-order valence-electron chi connectivity index (χ2n) is 6.10. The Balaban J connectivity index is 0.000000292. The van der Waals surface area contributed by atoms with Crippen LogP contribution in [0.15, 0.2) is 28.1 Å². The van der Waals surface area contributed by atoms with E-state index in [9.17, 15) is 18.0 Å². The summed E-state index contributed by atoms with van der Waals surface area (Å²) in [6.07, 6.45) is -0.818. The number of halogens is 3. The van der Waals surface area contributed by atoms with Crippen molar-refractivity contribution in [3.63, 3.8) is 0 Å². The second-order valence-corrected chi connectivity index (χ2v) is 6.10. The molecule has 0 fully saturated rings. The van der Waals surface area contributed by atoms with Gasteiger partial charge >= 0.3 is 5.97 Å². The highest BCUT2D eigenvalue weighted by Gasteiger charge is 2.47. The van der Waals surface area contributed by atoms with E-state index in [0.29, 0.717) is 0 Å². The number of carboxylic acids is 1. The zero-order valence-corrected chi connectivity index (χ0v) is 15.1. The van der Waals surface area contributed by atoms with Gasteiger partial charge in [0.05, 0.1) is 6.61 Å². The zero-order chi connectivity index (χ0) is 21.1. The van der Waals surface area contributed by atoms with Crippen molar-refractivity contribution in [1.82, 2.24) is 4.98 Å². The molecule has 2 aromatic rings. The number of carbonyl (C=O) groups is 1. The first-order valence-corrected chi connectivity index (χ1v) is 7.97. The molecule has 1 aliphatic heterocycles. The van der Waals surface area contributed by atoms with Crippen molar-refractivity contribution >= 4 is 17.5 Å². The van der Waals surface area contributed by atoms with Crippen molar-refractivity contribution in [3.05, 3.63) is 46.9 Å². The highest BCUT2D eigenvalue weighted by atomic mass is 19.3. The number of hydrogen-bond donors (Lipinski definition) is 3. The summed E-state index contributed by atoms with van der Waals surface area (Å²) in [6, 6.07) is 1.41. The van der Waals surface area contributed by atoms with Crippen LogP contribution in [-0.4, -0.2) is 41.5 Å². The molecule has 11 heteroatoms. The van der Waals surface area contributed by atoms with Gasteiger partial charge < -0.3 is 25.7 Å². The number of aromatic nitrogens is 1. The highest BCUT2D eigenvalue weighted by Crippen LogP contribution is 2.40. The van der Waals surface area contributed by atoms with E-state index >= 15 is 0 Å². The van der Waals surface area contributed by atoms with E-state index in [1.54, 1.807) is 0 Å². The van der Waals surface area contributed by atoms with E-state index in [1.165, 1.54) is 19.9 Å². The van der Waals surface area contributed by atoms with Crippen LogP contribution in [0.4, 0.5) is 18.9 Å². The summed E-state index contributed by atoms with van der Waals surface area (Å²) >= 11 is 0. The molecule has 1 atom stereocenters. The Labute approximate surface area is 158 Å². The molecule has 152 valence electrons. The molecule has 0 saturated heterocycles. The number of alkyl halides is 2. The van der Waals surface area contributed by atoms with Gasteiger partial charge in [-0.15, -0.1) is 0 Å². The lowest BCUT2D eigenvalue weighted by molar-refractivity contribution is -0.0149. The number of nitrogens with zero attached hydrogens (tertiary/aromatic N) is 2. The molecule has 5 N–H and O–H groups in total. The van der Waals surface area contributed by atoms with Gasteiger partial charge in [-0.05, 0) is 31.0 Å². The highest BCUT2D eigenvalue weighted by molar-refractivity contribution is 5.84. The van der Waals surface area contributed by atoms with Gasteiger partial charge in [0, 0.05) is 11.3 Å². The maximum absolute atomic E-state index is 14.4. The lowest BCUT2D eigenvalue weighted by Crippen LogP contribution is -2.46. The fourth-order valence-corrected chi connectivity index (χ4v) is 2.72. The minimum Gasteiger partial charge on any atom is -0.476 e. The van der Waals surface area contributed by atoms with Crippen LogP contribution in [0.3, 0.4) is 0 Å². The third-order valence-corrected chi connectivity index (χ3v) is 4.11. The summed E-state index contributed by atoms with van der Waals surface area (Å²) in [5, 5.41) is 8.15. The third-order valence-electron chi connectivity index (χ3n) is 4.11. The smallest absolute Gasteiger partial charge is 0.357 e. The molecule has 1 aromatic heterocycles. The zero-order valence-electron chi connectivity index (χ0n) is 15.1. The van der Waals surface area contributed by atoms with Gasteiger partial charge in [-0.2, -0.15) is 0 Å². The predicted octanol–water partition coefficient (Wildman–Crippen LogP) is 2.25. The number of anilines is 1. The molecule has 0 bridgehead atoms. The van der Waals surface area contributed by atoms with Gasteiger partial charge in [-0.25, -0.2) is 22.9 Å². The molecular formula is C17H19F3N4O4. The number of benzene rings is 1. The third kappa shape index (κ3) is 4.09. The Bertz CT molecular complexity index is 861. The molecular weight excluding hydrogens is 381 g/mol. The number of nitrogen functional groups attached to an aromatic ring is 1. The normalized spacial score (nSPS) is 19.0. The van der Waals surface area contributed by atoms with Crippen LogP contribution >= 0.6 is 0 Å². The fourth-order valence-electron chi connectivity index (χ4n) is 2.72. The summed E-state index contributed by atoms with van der Waals surface area (Å²) in [6.45, 7) is 2.46. The Hall–Kier alpha value is -3.08. The van der Waals surface area contributed by atoms with Gasteiger partial charge in [0.25, 0.3) is 6.43 Å². The molecule has 8 nitrogen and oxygen atoms in total. The van der Waals surface area contributed by atoms with Gasteiger partial charge in [0.2, 0.25) is 0 Å². The van der Waals surface area contributed by atoms with Crippen molar-refractivity contribution in [2.75, 3.05) is 18.9 Å². The molecule has 0 unspecified atom stereocenters. The number of amidine groups is 1. The largest absolute Gasteiger partial charge is 0.476 e. The van der Waals surface area contributed by atoms with Crippen LogP contribution in [0.1, 0.15) is 27.2 Å². The van der Waals surface area contributed by atoms with Crippen LogP contribution in [0.5, 0.6) is 0 Å². The van der Waals surface area contributed by atoms with Gasteiger partial charge in [0.1, 0.15) is 24.5 Å². The quantitative estimate of drug-likeness (QED) is 0.672. The van der Waals surface area contributed by atoms with Crippen LogP contribution in [-0.2, 0) is 10.3 Å². The van der Waals surface area contributed by atoms with E-state index in [4.69, 9.17) is 21.3 Å². The monoisotopic (exact) mass is 400 g/mol. The molecule has 0 aliphatic carbocycles. The van der Waals surface area contributed by atoms with E-state index in [2.05, 4.69) is 14.4 Å². The van der Waals surface area contributed by atoms with Crippen molar-refractivity contribution in [1.29, 1.82) is 0 Å². The first-order valence-electron chi connectivity index (χ1n) is 7.97. The average Bonchev–Trinajstić information content (AvgIpc) is 3.16. The minimum atomic E-state index is -2.96. The fraction of sp³-hybridized carbons (Fsp3) is 0.353. The number of aliphatic imine (C=N–C) groups is 1. The minimum absolute atomic E-state index is 0.0452.